The number of benzene rings is 1. The maximum absolute atomic E-state index is 12.3. The topological polar surface area (TPSA) is 81.2 Å². The fourth-order valence-electron chi connectivity index (χ4n) is 1.67. The van der Waals surface area contributed by atoms with Gasteiger partial charge in [0.2, 0.25) is 10.0 Å². The normalized spacial score (nSPS) is 11.6. The average Bonchev–Trinajstić information content (AvgIpc) is 2.83. The van der Waals surface area contributed by atoms with Crippen molar-refractivity contribution in [2.45, 2.75) is 18.2 Å². The molecule has 0 aliphatic heterocycles. The van der Waals surface area contributed by atoms with Gasteiger partial charge in [0.1, 0.15) is 20.7 Å². The minimum absolute atomic E-state index is 0.0582. The Bertz CT molecular complexity index is 731. The van der Waals surface area contributed by atoms with E-state index in [4.69, 9.17) is 16.3 Å². The Balaban J connectivity index is 2.08. The van der Waals surface area contributed by atoms with Gasteiger partial charge >= 0.3 is 0 Å². The van der Waals surface area contributed by atoms with Crippen molar-refractivity contribution in [1.29, 1.82) is 0 Å². The minimum atomic E-state index is -3.66. The summed E-state index contributed by atoms with van der Waals surface area (Å²) in [5, 5.41) is 9.88. The van der Waals surface area contributed by atoms with Crippen molar-refractivity contribution in [1.82, 2.24) is 14.9 Å². The molecular formula is C12H14ClN3O3S2. The van der Waals surface area contributed by atoms with E-state index in [0.29, 0.717) is 11.4 Å². The summed E-state index contributed by atoms with van der Waals surface area (Å²) < 4.78 is 32.1. The quantitative estimate of drug-likeness (QED) is 0.864. The minimum Gasteiger partial charge on any atom is -0.495 e. The largest absolute Gasteiger partial charge is 0.495 e. The molecule has 1 heterocycles. The standard InChI is InChI=1S/C12H14ClN3O3S2/c1-8-15-16-12(20-8)5-6-14-21(17,18)11-4-3-9(13)7-10(11)19-2/h3-4,7,14H,5-6H2,1-2H3. The Morgan fingerprint density at radius 1 is 1.38 bits per heavy atom. The van der Waals surface area contributed by atoms with Crippen molar-refractivity contribution in [3.8, 4) is 5.75 Å². The summed E-state index contributed by atoms with van der Waals surface area (Å²) in [7, 11) is -2.26. The highest BCUT2D eigenvalue weighted by Crippen LogP contribution is 2.26. The molecule has 0 atom stereocenters. The van der Waals surface area contributed by atoms with E-state index < -0.39 is 10.0 Å². The lowest BCUT2D eigenvalue weighted by Crippen LogP contribution is -2.26. The molecule has 2 aromatic rings. The van der Waals surface area contributed by atoms with E-state index in [9.17, 15) is 8.42 Å². The number of aromatic nitrogens is 2. The van der Waals surface area contributed by atoms with Crippen LogP contribution in [0.25, 0.3) is 0 Å². The number of hydrogen-bond donors (Lipinski definition) is 1. The SMILES string of the molecule is COc1cc(Cl)ccc1S(=O)(=O)NCCc1nnc(C)s1. The number of sulfonamides is 1. The van der Waals surface area contributed by atoms with E-state index in [2.05, 4.69) is 14.9 Å². The maximum Gasteiger partial charge on any atom is 0.244 e. The molecule has 0 radical (unpaired) electrons. The van der Waals surface area contributed by atoms with Gasteiger partial charge in [0.05, 0.1) is 7.11 Å². The van der Waals surface area contributed by atoms with Crippen molar-refractivity contribution in [2.75, 3.05) is 13.7 Å². The van der Waals surface area contributed by atoms with Crippen LogP contribution in [0.3, 0.4) is 0 Å². The summed E-state index contributed by atoms with van der Waals surface area (Å²) in [5.74, 6) is 0.210. The highest BCUT2D eigenvalue weighted by molar-refractivity contribution is 7.89. The summed E-state index contributed by atoms with van der Waals surface area (Å²) in [6.07, 6.45) is 0.487. The van der Waals surface area contributed by atoms with Crippen molar-refractivity contribution < 1.29 is 13.2 Å². The predicted octanol–water partition coefficient (Wildman–Crippen LogP) is 2.03. The van der Waals surface area contributed by atoms with E-state index in [1.54, 1.807) is 0 Å². The molecule has 9 heteroatoms. The van der Waals surface area contributed by atoms with E-state index in [1.807, 2.05) is 6.92 Å². The molecule has 21 heavy (non-hydrogen) atoms. The Morgan fingerprint density at radius 2 is 2.14 bits per heavy atom. The Kier molecular flexibility index (Phi) is 5.15. The van der Waals surface area contributed by atoms with Crippen LogP contribution in [0, 0.1) is 6.92 Å². The molecule has 0 amide bonds. The number of hydrogen-bond acceptors (Lipinski definition) is 6. The molecule has 0 spiro atoms. The maximum atomic E-state index is 12.3. The summed E-state index contributed by atoms with van der Waals surface area (Å²) in [4.78, 5) is 0.0582. The number of nitrogens with zero attached hydrogens (tertiary/aromatic N) is 2. The highest BCUT2D eigenvalue weighted by atomic mass is 35.5. The van der Waals surface area contributed by atoms with Crippen molar-refractivity contribution in [3.63, 3.8) is 0 Å². The zero-order valence-corrected chi connectivity index (χ0v) is 13.8. The lowest BCUT2D eigenvalue weighted by molar-refractivity contribution is 0.402. The zero-order valence-electron chi connectivity index (χ0n) is 11.5. The highest BCUT2D eigenvalue weighted by Gasteiger charge is 2.19. The van der Waals surface area contributed by atoms with Crippen LogP contribution in [0.1, 0.15) is 10.0 Å². The van der Waals surface area contributed by atoms with Gasteiger partial charge in [0.25, 0.3) is 0 Å². The fraction of sp³-hybridized carbons (Fsp3) is 0.333. The van der Waals surface area contributed by atoms with Gasteiger partial charge in [-0.25, -0.2) is 13.1 Å². The van der Waals surface area contributed by atoms with Gasteiger partial charge in [-0.1, -0.05) is 11.6 Å². The third kappa shape index (κ3) is 4.13. The van der Waals surface area contributed by atoms with Crippen LogP contribution in [0.4, 0.5) is 0 Å². The smallest absolute Gasteiger partial charge is 0.244 e. The summed E-state index contributed by atoms with van der Waals surface area (Å²) in [5.41, 5.74) is 0. The van der Waals surface area contributed by atoms with Crippen molar-refractivity contribution in [2.24, 2.45) is 0 Å². The lowest BCUT2D eigenvalue weighted by Gasteiger charge is -2.10. The third-order valence-electron chi connectivity index (χ3n) is 2.61. The molecule has 6 nitrogen and oxygen atoms in total. The second kappa shape index (κ2) is 6.69. The van der Waals surface area contributed by atoms with E-state index in [0.717, 1.165) is 10.0 Å². The molecule has 0 aliphatic rings. The van der Waals surface area contributed by atoms with Crippen LogP contribution < -0.4 is 9.46 Å². The van der Waals surface area contributed by atoms with E-state index in [1.165, 1.54) is 36.6 Å². The van der Waals surface area contributed by atoms with Crippen molar-refractivity contribution >= 4 is 33.0 Å². The Labute approximate surface area is 132 Å². The van der Waals surface area contributed by atoms with Crippen LogP contribution in [0.15, 0.2) is 23.1 Å². The molecule has 0 fully saturated rings. The van der Waals surface area contributed by atoms with Crippen molar-refractivity contribution in [3.05, 3.63) is 33.2 Å². The molecule has 1 N–H and O–H groups in total. The fourth-order valence-corrected chi connectivity index (χ4v) is 3.72. The molecule has 114 valence electrons. The van der Waals surface area contributed by atoms with Crippen LogP contribution in [-0.4, -0.2) is 32.3 Å². The number of nitrogens with one attached hydrogen (secondary N) is 1. The number of methoxy groups -OCH3 is 1. The number of aryl methyl sites for hydroxylation is 1. The molecule has 2 rings (SSSR count). The first-order chi connectivity index (χ1) is 9.92. The van der Waals surface area contributed by atoms with Crippen LogP contribution in [0.5, 0.6) is 5.75 Å². The van der Waals surface area contributed by atoms with E-state index in [-0.39, 0.29) is 17.2 Å². The van der Waals surface area contributed by atoms with Gasteiger partial charge in [-0.15, -0.1) is 21.5 Å². The first-order valence-electron chi connectivity index (χ1n) is 6.04. The summed E-state index contributed by atoms with van der Waals surface area (Å²) >= 11 is 7.27. The summed E-state index contributed by atoms with van der Waals surface area (Å²) in [6.45, 7) is 2.09. The Morgan fingerprint density at radius 3 is 2.76 bits per heavy atom. The molecule has 0 bridgehead atoms. The van der Waals surface area contributed by atoms with E-state index >= 15 is 0 Å². The monoisotopic (exact) mass is 347 g/mol. The first-order valence-corrected chi connectivity index (χ1v) is 8.72. The molecule has 0 saturated heterocycles. The second-order valence-corrected chi connectivity index (χ2v) is 7.60. The molecule has 1 aromatic heterocycles. The van der Waals surface area contributed by atoms with Gasteiger partial charge in [-0.3, -0.25) is 0 Å². The molecule has 0 saturated carbocycles. The first kappa shape index (κ1) is 16.2. The van der Waals surface area contributed by atoms with Crippen LogP contribution >= 0.6 is 22.9 Å². The molecule has 0 unspecified atom stereocenters. The molecule has 0 aliphatic carbocycles. The van der Waals surface area contributed by atoms with Gasteiger partial charge in [0.15, 0.2) is 0 Å². The average molecular weight is 348 g/mol. The van der Waals surface area contributed by atoms with Gasteiger partial charge < -0.3 is 4.74 Å². The Hall–Kier alpha value is -1.22. The van der Waals surface area contributed by atoms with Crippen LogP contribution in [-0.2, 0) is 16.4 Å². The molecule has 1 aromatic carbocycles. The molecular weight excluding hydrogens is 334 g/mol. The van der Waals surface area contributed by atoms with Crippen LogP contribution in [0.2, 0.25) is 5.02 Å². The lowest BCUT2D eigenvalue weighted by atomic mass is 10.3. The number of rotatable bonds is 6. The summed E-state index contributed by atoms with van der Waals surface area (Å²) in [6, 6.07) is 4.38. The van der Waals surface area contributed by atoms with Gasteiger partial charge in [0, 0.05) is 24.1 Å². The van der Waals surface area contributed by atoms with Gasteiger partial charge in [-0.2, -0.15) is 0 Å². The predicted molar refractivity (Wildman–Crippen MR) is 81.5 cm³/mol. The number of halogens is 1. The number of ether oxygens (including phenoxy) is 1. The second-order valence-electron chi connectivity index (χ2n) is 4.16. The van der Waals surface area contributed by atoms with Gasteiger partial charge in [-0.05, 0) is 19.1 Å². The third-order valence-corrected chi connectivity index (χ3v) is 5.25. The zero-order chi connectivity index (χ0) is 15.5.